The number of aryl methyl sites for hydroxylation is 1. The molecule has 43 heavy (non-hydrogen) atoms. The zero-order chi connectivity index (χ0) is 29.7. The second-order valence-electron chi connectivity index (χ2n) is 11.3. The third kappa shape index (κ3) is 3.97. The number of rotatable bonds is 7. The summed E-state index contributed by atoms with van der Waals surface area (Å²) in [5, 5.41) is 3.09. The van der Waals surface area contributed by atoms with Gasteiger partial charge in [-0.1, -0.05) is 97.1 Å². The first kappa shape index (κ1) is 26.7. The molecule has 6 nitrogen and oxygen atoms in total. The number of nitrogens with one attached hydrogen (secondary N) is 1. The van der Waals surface area contributed by atoms with Crippen molar-refractivity contribution in [1.29, 1.82) is 0 Å². The smallest absolute Gasteiger partial charge is 0.238 e. The molecule has 3 aliphatic rings. The van der Waals surface area contributed by atoms with Crippen molar-refractivity contribution in [3.05, 3.63) is 149 Å². The average Bonchev–Trinajstić information content (AvgIpc) is 3.52. The molecule has 4 aromatic rings. The number of carbonyl (C=O) groups excluding carboxylic acids is 3. The van der Waals surface area contributed by atoms with Crippen LogP contribution in [-0.4, -0.2) is 35.0 Å². The van der Waals surface area contributed by atoms with E-state index in [-0.39, 0.29) is 24.1 Å². The molecule has 1 fully saturated rings. The molecule has 7 rings (SSSR count). The largest absolute Gasteiger partial charge is 0.490 e. The number of ketones is 2. The molecule has 4 atom stereocenters. The lowest BCUT2D eigenvalue weighted by atomic mass is 9.62. The number of anilines is 1. The summed E-state index contributed by atoms with van der Waals surface area (Å²) in [5.74, 6) is -1.31. The van der Waals surface area contributed by atoms with E-state index in [4.69, 9.17) is 4.74 Å². The number of hydrogen-bond acceptors (Lipinski definition) is 5. The van der Waals surface area contributed by atoms with Crippen LogP contribution in [0.1, 0.15) is 49.0 Å². The minimum atomic E-state index is -1.38. The fourth-order valence-corrected chi connectivity index (χ4v) is 7.13. The molecule has 0 saturated carbocycles. The number of fused-ring (bicyclic) bond motifs is 6. The Hall–Kier alpha value is -5.23. The third-order valence-corrected chi connectivity index (χ3v) is 8.94. The Bertz CT molecular complexity index is 1820. The van der Waals surface area contributed by atoms with E-state index in [0.29, 0.717) is 22.6 Å². The molecule has 0 aromatic heterocycles. The van der Waals surface area contributed by atoms with Crippen molar-refractivity contribution in [3.8, 4) is 5.75 Å². The zero-order valence-electron chi connectivity index (χ0n) is 23.7. The van der Waals surface area contributed by atoms with Crippen LogP contribution in [0.3, 0.4) is 0 Å². The van der Waals surface area contributed by atoms with Crippen molar-refractivity contribution in [2.75, 3.05) is 11.9 Å². The number of amides is 1. The van der Waals surface area contributed by atoms with Crippen molar-refractivity contribution in [3.63, 3.8) is 0 Å². The highest BCUT2D eigenvalue weighted by Crippen LogP contribution is 2.62. The lowest BCUT2D eigenvalue weighted by Gasteiger charge is -2.38. The molecule has 6 heteroatoms. The van der Waals surface area contributed by atoms with E-state index in [0.717, 1.165) is 22.3 Å². The molecule has 3 aliphatic heterocycles. The number of Topliss-reactive ketones (excluding diaryl/α,β-unsaturated/α-hetero) is 2. The van der Waals surface area contributed by atoms with Crippen LogP contribution in [0.2, 0.25) is 0 Å². The van der Waals surface area contributed by atoms with Crippen molar-refractivity contribution in [2.24, 2.45) is 5.92 Å². The molecule has 3 heterocycles. The zero-order valence-corrected chi connectivity index (χ0v) is 23.7. The molecule has 0 radical (unpaired) electrons. The molecule has 4 aromatic carbocycles. The van der Waals surface area contributed by atoms with Gasteiger partial charge in [0.15, 0.2) is 11.6 Å². The van der Waals surface area contributed by atoms with Gasteiger partial charge in [-0.2, -0.15) is 0 Å². The lowest BCUT2D eigenvalue weighted by molar-refractivity contribution is -0.122. The van der Waals surface area contributed by atoms with E-state index in [1.54, 1.807) is 42.5 Å². The van der Waals surface area contributed by atoms with Crippen molar-refractivity contribution in [2.45, 2.75) is 24.4 Å². The summed E-state index contributed by atoms with van der Waals surface area (Å²) < 4.78 is 5.76. The van der Waals surface area contributed by atoms with Gasteiger partial charge in [0.2, 0.25) is 5.91 Å². The molecule has 0 aliphatic carbocycles. The van der Waals surface area contributed by atoms with Gasteiger partial charge >= 0.3 is 0 Å². The van der Waals surface area contributed by atoms with E-state index in [1.165, 1.54) is 0 Å². The van der Waals surface area contributed by atoms with Crippen LogP contribution < -0.4 is 10.1 Å². The lowest BCUT2D eigenvalue weighted by Crippen LogP contribution is -2.49. The summed E-state index contributed by atoms with van der Waals surface area (Å²) in [4.78, 5) is 46.1. The summed E-state index contributed by atoms with van der Waals surface area (Å²) in [6, 6.07) is 28.2. The first-order valence-corrected chi connectivity index (χ1v) is 14.4. The van der Waals surface area contributed by atoms with Gasteiger partial charge in [0.25, 0.3) is 0 Å². The molecule has 1 spiro atoms. The maximum atomic E-state index is 15.0. The molecule has 1 amide bonds. The van der Waals surface area contributed by atoms with E-state index >= 15 is 0 Å². The van der Waals surface area contributed by atoms with Gasteiger partial charge in [-0.25, -0.2) is 0 Å². The quantitative estimate of drug-likeness (QED) is 0.203. The first-order valence-electron chi connectivity index (χ1n) is 14.4. The summed E-state index contributed by atoms with van der Waals surface area (Å²) >= 11 is 0. The highest BCUT2D eigenvalue weighted by atomic mass is 16.5. The fourth-order valence-electron chi connectivity index (χ4n) is 7.13. The second-order valence-corrected chi connectivity index (χ2v) is 11.3. The van der Waals surface area contributed by atoms with E-state index < -0.39 is 23.4 Å². The summed E-state index contributed by atoms with van der Waals surface area (Å²) in [5.41, 5.74) is 3.75. The van der Waals surface area contributed by atoms with E-state index in [9.17, 15) is 14.4 Å². The monoisotopic (exact) mass is 566 g/mol. The molecule has 212 valence electrons. The van der Waals surface area contributed by atoms with Crippen LogP contribution in [0.15, 0.2) is 116 Å². The Kier molecular flexibility index (Phi) is 6.35. The Morgan fingerprint density at radius 3 is 2.51 bits per heavy atom. The number of carbonyl (C=O) groups is 3. The summed E-state index contributed by atoms with van der Waals surface area (Å²) in [6.07, 6.45) is 5.49. The van der Waals surface area contributed by atoms with Gasteiger partial charge in [-0.15, -0.1) is 0 Å². The second kappa shape index (κ2) is 10.2. The molecule has 0 unspecified atom stereocenters. The van der Waals surface area contributed by atoms with Gasteiger partial charge in [0.1, 0.15) is 23.8 Å². The minimum Gasteiger partial charge on any atom is -0.490 e. The fraction of sp³-hybridized carbons (Fsp3) is 0.162. The Morgan fingerprint density at radius 1 is 0.930 bits per heavy atom. The van der Waals surface area contributed by atoms with Gasteiger partial charge in [0.05, 0.1) is 12.0 Å². The highest BCUT2D eigenvalue weighted by molar-refractivity contribution is 6.16. The van der Waals surface area contributed by atoms with Gasteiger partial charge in [-0.05, 0) is 47.9 Å². The van der Waals surface area contributed by atoms with Gasteiger partial charge < -0.3 is 15.0 Å². The Labute approximate surface area is 250 Å². The standard InChI is InChI=1S/C37H30N2O4/c1-3-21-43-27-11-8-10-26(22-27)33(40)31-32(34(41)25-17-15-23(2)16-18-25)39-20-19-24-9-4-5-12-28(24)35(39)37(31)29-13-6-7-14-30(29)38-36(37)42/h3-20,22,31-32,35H,1,21H2,2H3,(H,38,42)/t31-,32+,35-,37-/m0/s1. The summed E-state index contributed by atoms with van der Waals surface area (Å²) in [7, 11) is 0. The van der Waals surface area contributed by atoms with Crippen LogP contribution in [0.5, 0.6) is 5.75 Å². The number of para-hydroxylation sites is 1. The van der Waals surface area contributed by atoms with Crippen LogP contribution in [0, 0.1) is 12.8 Å². The van der Waals surface area contributed by atoms with Crippen LogP contribution >= 0.6 is 0 Å². The molecular formula is C37H30N2O4. The normalized spacial score (nSPS) is 22.9. The molecule has 1 N–H and O–H groups in total. The summed E-state index contributed by atoms with van der Waals surface area (Å²) in [6.45, 7) is 5.96. The Balaban J connectivity index is 1.50. The van der Waals surface area contributed by atoms with Crippen molar-refractivity contribution < 1.29 is 19.1 Å². The van der Waals surface area contributed by atoms with Crippen LogP contribution in [0.4, 0.5) is 5.69 Å². The highest BCUT2D eigenvalue weighted by Gasteiger charge is 2.70. The minimum absolute atomic E-state index is 0.208. The topological polar surface area (TPSA) is 75.7 Å². The number of benzene rings is 4. The van der Waals surface area contributed by atoms with Gasteiger partial charge in [-0.3, -0.25) is 14.4 Å². The van der Waals surface area contributed by atoms with Crippen molar-refractivity contribution in [1.82, 2.24) is 4.90 Å². The SMILES string of the molecule is C=CCOc1cccc(C(=O)[C@@H]2[C@H](C(=O)c3ccc(C)cc3)N3C=Cc4ccccc4[C@H]3[C@@]23C(=O)Nc2ccccc23)c1. The molecule has 1 saturated heterocycles. The number of ether oxygens (including phenoxy) is 1. The molecule has 0 bridgehead atoms. The Morgan fingerprint density at radius 2 is 1.70 bits per heavy atom. The van der Waals surface area contributed by atoms with Gasteiger partial charge in [0, 0.05) is 23.0 Å². The average molecular weight is 567 g/mol. The number of nitrogens with zero attached hydrogens (tertiary/aromatic N) is 1. The van der Waals surface area contributed by atoms with Crippen molar-refractivity contribution >= 4 is 29.2 Å². The third-order valence-electron chi connectivity index (χ3n) is 8.94. The van der Waals surface area contributed by atoms with E-state index in [1.807, 2.05) is 84.8 Å². The van der Waals surface area contributed by atoms with Crippen LogP contribution in [-0.2, 0) is 10.2 Å². The maximum absolute atomic E-state index is 15.0. The molecular weight excluding hydrogens is 536 g/mol. The van der Waals surface area contributed by atoms with Crippen LogP contribution in [0.25, 0.3) is 6.08 Å². The maximum Gasteiger partial charge on any atom is 0.238 e. The number of hydrogen-bond donors (Lipinski definition) is 1. The predicted molar refractivity (Wildman–Crippen MR) is 166 cm³/mol. The predicted octanol–water partition coefficient (Wildman–Crippen LogP) is 6.54. The first-order chi connectivity index (χ1) is 20.9. The van der Waals surface area contributed by atoms with E-state index in [2.05, 4.69) is 11.9 Å².